The van der Waals surface area contributed by atoms with Gasteiger partial charge in [0.15, 0.2) is 0 Å². The van der Waals surface area contributed by atoms with E-state index in [4.69, 9.17) is 4.74 Å². The maximum atomic E-state index is 12.1. The minimum absolute atomic E-state index is 0.181. The number of imide groups is 1. The van der Waals surface area contributed by atoms with Crippen LogP contribution in [0.1, 0.15) is 97.8 Å². The highest BCUT2D eigenvalue weighted by atomic mass is 16.5. The summed E-state index contributed by atoms with van der Waals surface area (Å²) in [5.74, 6) is -0.744. The SMILES string of the molecule is CCCCCCCCCCCCCC(=O)OCC(O)CN1C(=O)NC(C)(C)C1=O. The van der Waals surface area contributed by atoms with Crippen molar-refractivity contribution >= 4 is 17.9 Å². The van der Waals surface area contributed by atoms with Crippen molar-refractivity contribution in [1.29, 1.82) is 0 Å². The fourth-order valence-electron chi connectivity index (χ4n) is 3.44. The van der Waals surface area contributed by atoms with Crippen LogP contribution in [0.25, 0.3) is 0 Å². The summed E-state index contributed by atoms with van der Waals surface area (Å²) in [6.45, 7) is 5.05. The standard InChI is InChI=1S/C22H40N2O5/c1-4-5-6-7-8-9-10-11-12-13-14-15-19(26)29-17-18(25)16-24-20(27)22(2,3)23-21(24)28/h18,25H,4-17H2,1-3H3,(H,23,28). The molecular weight excluding hydrogens is 372 g/mol. The molecule has 1 atom stereocenters. The Morgan fingerprint density at radius 3 is 2.00 bits per heavy atom. The highest BCUT2D eigenvalue weighted by Gasteiger charge is 2.44. The Hall–Kier alpha value is -1.63. The number of hydrogen-bond donors (Lipinski definition) is 2. The van der Waals surface area contributed by atoms with Gasteiger partial charge in [0.05, 0.1) is 6.54 Å². The molecule has 1 aliphatic heterocycles. The van der Waals surface area contributed by atoms with Crippen LogP contribution < -0.4 is 5.32 Å². The molecule has 2 N–H and O–H groups in total. The van der Waals surface area contributed by atoms with E-state index in [1.54, 1.807) is 13.8 Å². The molecule has 7 nitrogen and oxygen atoms in total. The van der Waals surface area contributed by atoms with E-state index in [0.717, 1.165) is 24.2 Å². The van der Waals surface area contributed by atoms with Crippen LogP contribution in [0, 0.1) is 0 Å². The molecule has 168 valence electrons. The zero-order valence-corrected chi connectivity index (χ0v) is 18.5. The van der Waals surface area contributed by atoms with Gasteiger partial charge in [-0.3, -0.25) is 14.5 Å². The number of ether oxygens (including phenoxy) is 1. The highest BCUT2D eigenvalue weighted by molar-refractivity contribution is 6.06. The second kappa shape index (κ2) is 13.6. The number of unbranched alkanes of at least 4 members (excludes halogenated alkanes) is 10. The average Bonchev–Trinajstić information content (AvgIpc) is 2.86. The van der Waals surface area contributed by atoms with E-state index < -0.39 is 23.6 Å². The van der Waals surface area contributed by atoms with E-state index in [-0.39, 0.29) is 19.1 Å². The zero-order chi connectivity index (χ0) is 21.7. The van der Waals surface area contributed by atoms with Crippen molar-refractivity contribution in [2.45, 2.75) is 109 Å². The van der Waals surface area contributed by atoms with Crippen molar-refractivity contribution in [3.63, 3.8) is 0 Å². The molecule has 7 heteroatoms. The van der Waals surface area contributed by atoms with E-state index in [0.29, 0.717) is 6.42 Å². The number of rotatable bonds is 16. The number of aliphatic hydroxyl groups excluding tert-OH is 1. The number of carbonyl (C=O) groups is 3. The predicted molar refractivity (Wildman–Crippen MR) is 112 cm³/mol. The first-order valence-corrected chi connectivity index (χ1v) is 11.3. The van der Waals surface area contributed by atoms with Gasteiger partial charge in [-0.05, 0) is 20.3 Å². The molecule has 1 aliphatic rings. The second-order valence-corrected chi connectivity index (χ2v) is 8.59. The second-order valence-electron chi connectivity index (χ2n) is 8.59. The fraction of sp³-hybridized carbons (Fsp3) is 0.864. The lowest BCUT2D eigenvalue weighted by Crippen LogP contribution is -2.42. The summed E-state index contributed by atoms with van der Waals surface area (Å²) in [4.78, 5) is 36.6. The summed E-state index contributed by atoms with van der Waals surface area (Å²) in [6, 6.07) is -0.536. The first-order chi connectivity index (χ1) is 13.8. The summed E-state index contributed by atoms with van der Waals surface area (Å²) >= 11 is 0. The van der Waals surface area contributed by atoms with Gasteiger partial charge in [0.25, 0.3) is 5.91 Å². The van der Waals surface area contributed by atoms with Crippen molar-refractivity contribution in [2.75, 3.05) is 13.2 Å². The van der Waals surface area contributed by atoms with Gasteiger partial charge in [-0.15, -0.1) is 0 Å². The maximum absolute atomic E-state index is 12.1. The van der Waals surface area contributed by atoms with Gasteiger partial charge in [0.2, 0.25) is 0 Å². The fourth-order valence-corrected chi connectivity index (χ4v) is 3.44. The summed E-state index contributed by atoms with van der Waals surface area (Å²) in [7, 11) is 0. The number of carbonyl (C=O) groups excluding carboxylic acids is 3. The number of β-amino-alcohol motifs (C(OH)–C–C–N with tert-alkyl or cyclic N) is 1. The third-order valence-electron chi connectivity index (χ3n) is 5.26. The Balaban J connectivity index is 2.01. The molecule has 1 unspecified atom stereocenters. The van der Waals surface area contributed by atoms with Crippen LogP contribution in [-0.4, -0.2) is 52.7 Å². The third-order valence-corrected chi connectivity index (χ3v) is 5.26. The Labute approximate surface area is 175 Å². The number of aliphatic hydroxyl groups is 1. The summed E-state index contributed by atoms with van der Waals surface area (Å²) in [5.41, 5.74) is -0.970. The van der Waals surface area contributed by atoms with Crippen LogP contribution in [0.2, 0.25) is 0 Å². The van der Waals surface area contributed by atoms with Gasteiger partial charge in [-0.25, -0.2) is 4.79 Å². The van der Waals surface area contributed by atoms with Gasteiger partial charge in [-0.2, -0.15) is 0 Å². The topological polar surface area (TPSA) is 95.9 Å². The maximum Gasteiger partial charge on any atom is 0.325 e. The molecule has 1 fully saturated rings. The molecule has 0 radical (unpaired) electrons. The Morgan fingerprint density at radius 1 is 1.00 bits per heavy atom. The summed E-state index contributed by atoms with van der Waals surface area (Å²) < 4.78 is 5.07. The number of urea groups is 1. The summed E-state index contributed by atoms with van der Waals surface area (Å²) in [6.07, 6.45) is 12.6. The van der Waals surface area contributed by atoms with Gasteiger partial charge < -0.3 is 15.2 Å². The van der Waals surface area contributed by atoms with Crippen LogP contribution in [0.3, 0.4) is 0 Å². The highest BCUT2D eigenvalue weighted by Crippen LogP contribution is 2.17. The number of nitrogens with one attached hydrogen (secondary N) is 1. The van der Waals surface area contributed by atoms with Crippen LogP contribution >= 0.6 is 0 Å². The minimum Gasteiger partial charge on any atom is -0.463 e. The van der Waals surface area contributed by atoms with E-state index in [2.05, 4.69) is 12.2 Å². The van der Waals surface area contributed by atoms with Gasteiger partial charge in [0.1, 0.15) is 18.2 Å². The van der Waals surface area contributed by atoms with Crippen molar-refractivity contribution in [3.05, 3.63) is 0 Å². The lowest BCUT2D eigenvalue weighted by atomic mass is 10.1. The molecule has 3 amide bonds. The molecule has 0 aliphatic carbocycles. The first-order valence-electron chi connectivity index (χ1n) is 11.3. The van der Waals surface area contributed by atoms with E-state index in [1.165, 1.54) is 51.4 Å². The van der Waals surface area contributed by atoms with E-state index in [1.807, 2.05) is 0 Å². The van der Waals surface area contributed by atoms with Crippen LogP contribution in [0.15, 0.2) is 0 Å². The molecule has 29 heavy (non-hydrogen) atoms. The lowest BCUT2D eigenvalue weighted by molar-refractivity contribution is -0.147. The Kier molecular flexibility index (Phi) is 11.9. The van der Waals surface area contributed by atoms with Crippen LogP contribution in [-0.2, 0) is 14.3 Å². The Bertz CT molecular complexity index is 521. The molecular formula is C22H40N2O5. The van der Waals surface area contributed by atoms with E-state index >= 15 is 0 Å². The van der Waals surface area contributed by atoms with Crippen LogP contribution in [0.5, 0.6) is 0 Å². The smallest absolute Gasteiger partial charge is 0.325 e. The molecule has 0 aromatic heterocycles. The lowest BCUT2D eigenvalue weighted by Gasteiger charge is -2.19. The molecule has 0 bridgehead atoms. The quantitative estimate of drug-likeness (QED) is 0.228. The van der Waals surface area contributed by atoms with Crippen molar-refractivity contribution in [2.24, 2.45) is 0 Å². The van der Waals surface area contributed by atoms with Gasteiger partial charge in [-0.1, -0.05) is 71.1 Å². The van der Waals surface area contributed by atoms with Crippen molar-refractivity contribution in [1.82, 2.24) is 10.2 Å². The van der Waals surface area contributed by atoms with Crippen molar-refractivity contribution < 1.29 is 24.2 Å². The third kappa shape index (κ3) is 10.1. The Morgan fingerprint density at radius 2 is 1.52 bits per heavy atom. The predicted octanol–water partition coefficient (Wildman–Crippen LogP) is 3.92. The molecule has 1 heterocycles. The van der Waals surface area contributed by atoms with Gasteiger partial charge >= 0.3 is 12.0 Å². The monoisotopic (exact) mass is 412 g/mol. The van der Waals surface area contributed by atoms with Gasteiger partial charge in [0, 0.05) is 6.42 Å². The van der Waals surface area contributed by atoms with Crippen LogP contribution in [0.4, 0.5) is 4.79 Å². The molecule has 0 spiro atoms. The zero-order valence-electron chi connectivity index (χ0n) is 18.5. The number of amides is 3. The summed E-state index contributed by atoms with van der Waals surface area (Å²) in [5, 5.41) is 12.5. The number of nitrogens with zero attached hydrogens (tertiary/aromatic N) is 1. The largest absolute Gasteiger partial charge is 0.463 e. The number of esters is 1. The molecule has 0 aromatic carbocycles. The molecule has 1 saturated heterocycles. The molecule has 0 saturated carbocycles. The van der Waals surface area contributed by atoms with E-state index in [9.17, 15) is 19.5 Å². The molecule has 1 rings (SSSR count). The molecule has 0 aromatic rings. The normalized spacial score (nSPS) is 16.8. The minimum atomic E-state index is -1.08. The van der Waals surface area contributed by atoms with Crippen molar-refractivity contribution in [3.8, 4) is 0 Å². The number of hydrogen-bond acceptors (Lipinski definition) is 5. The first kappa shape index (κ1) is 25.4. The average molecular weight is 413 g/mol.